The Morgan fingerprint density at radius 1 is 1.24 bits per heavy atom. The van der Waals surface area contributed by atoms with Gasteiger partial charge in [0.05, 0.1) is 0 Å². The summed E-state index contributed by atoms with van der Waals surface area (Å²) < 4.78 is 0. The smallest absolute Gasteiger partial charge is 0.153 e. The summed E-state index contributed by atoms with van der Waals surface area (Å²) in [4.78, 5) is 12.7. The second-order valence-corrected chi connectivity index (χ2v) is 4.89. The third-order valence-corrected chi connectivity index (χ3v) is 3.50. The monoisotopic (exact) mass is 255 g/mol. The van der Waals surface area contributed by atoms with Gasteiger partial charge in [-0.2, -0.15) is 0 Å². The highest BCUT2D eigenvalue weighted by Gasteiger charge is 2.22. The van der Waals surface area contributed by atoms with Crippen LogP contribution in [0, 0.1) is 0 Å². The van der Waals surface area contributed by atoms with Crippen molar-refractivity contribution in [3.63, 3.8) is 0 Å². The molecule has 17 heavy (non-hydrogen) atoms. The number of nitrogens with two attached hydrogens (primary N) is 1. The molecule has 94 valence electrons. The Bertz CT molecular complexity index is 387. The second kappa shape index (κ2) is 5.06. The molecule has 0 saturated carbocycles. The average molecular weight is 256 g/mol. The zero-order valence-corrected chi connectivity index (χ0v) is 11.0. The molecule has 0 bridgehead atoms. The van der Waals surface area contributed by atoms with Crippen LogP contribution >= 0.6 is 11.6 Å². The van der Waals surface area contributed by atoms with Crippen molar-refractivity contribution in [2.75, 3.05) is 36.8 Å². The maximum absolute atomic E-state index is 6.12. The van der Waals surface area contributed by atoms with E-state index < -0.39 is 0 Å². The number of nitrogens with zero attached hydrogens (tertiary/aromatic N) is 4. The Balaban J connectivity index is 2.08. The fourth-order valence-corrected chi connectivity index (χ4v) is 2.26. The number of anilines is 2. The predicted octanol–water partition coefficient (Wildman–Crippen LogP) is 1.24. The van der Waals surface area contributed by atoms with Crippen molar-refractivity contribution >= 4 is 23.2 Å². The molecular formula is C11H18ClN5. The molecule has 0 aliphatic carbocycles. The summed E-state index contributed by atoms with van der Waals surface area (Å²) in [5, 5.41) is 0.463. The minimum Gasteiger partial charge on any atom is -0.382 e. The van der Waals surface area contributed by atoms with Crippen molar-refractivity contribution in [1.29, 1.82) is 0 Å². The summed E-state index contributed by atoms with van der Waals surface area (Å²) in [6, 6.07) is 0.586. The standard InChI is InChI=1S/C11H18ClN5/c1-8(2)16-3-5-17(6-4-16)11-9(12)10(13)14-7-15-11/h7-8H,3-6H2,1-2H3,(H2,13,14,15). The van der Waals surface area contributed by atoms with Crippen LogP contribution in [-0.4, -0.2) is 47.1 Å². The number of piperazine rings is 1. The van der Waals surface area contributed by atoms with Crippen LogP contribution < -0.4 is 10.6 Å². The molecule has 0 spiro atoms. The molecule has 1 aromatic heterocycles. The lowest BCUT2D eigenvalue weighted by molar-refractivity contribution is 0.209. The van der Waals surface area contributed by atoms with Gasteiger partial charge >= 0.3 is 0 Å². The minimum absolute atomic E-state index is 0.350. The Hall–Kier alpha value is -1.07. The van der Waals surface area contributed by atoms with Crippen molar-refractivity contribution < 1.29 is 0 Å². The van der Waals surface area contributed by atoms with E-state index in [1.54, 1.807) is 0 Å². The maximum atomic E-state index is 6.12. The molecule has 1 aliphatic heterocycles. The number of aromatic nitrogens is 2. The van der Waals surface area contributed by atoms with Crippen LogP contribution in [0.15, 0.2) is 6.33 Å². The summed E-state index contributed by atoms with van der Waals surface area (Å²) in [6.07, 6.45) is 1.46. The molecule has 1 fully saturated rings. The highest BCUT2D eigenvalue weighted by Crippen LogP contribution is 2.27. The molecule has 1 saturated heterocycles. The van der Waals surface area contributed by atoms with Gasteiger partial charge in [0.2, 0.25) is 0 Å². The number of halogens is 1. The van der Waals surface area contributed by atoms with Gasteiger partial charge in [0.25, 0.3) is 0 Å². The first-order chi connectivity index (χ1) is 8.09. The Kier molecular flexibility index (Phi) is 3.69. The van der Waals surface area contributed by atoms with Crippen LogP contribution in [0.3, 0.4) is 0 Å². The average Bonchev–Trinajstić information content (AvgIpc) is 2.33. The molecule has 0 unspecified atom stereocenters. The molecule has 0 aromatic carbocycles. The number of hydrogen-bond acceptors (Lipinski definition) is 5. The summed E-state index contributed by atoms with van der Waals surface area (Å²) in [6.45, 7) is 8.33. The van der Waals surface area contributed by atoms with Crippen LogP contribution in [0.5, 0.6) is 0 Å². The Morgan fingerprint density at radius 2 is 1.88 bits per heavy atom. The van der Waals surface area contributed by atoms with Gasteiger partial charge in [-0.3, -0.25) is 4.90 Å². The van der Waals surface area contributed by atoms with Crippen molar-refractivity contribution in [2.45, 2.75) is 19.9 Å². The molecule has 5 nitrogen and oxygen atoms in total. The van der Waals surface area contributed by atoms with Crippen molar-refractivity contribution in [2.24, 2.45) is 0 Å². The first kappa shape index (κ1) is 12.4. The lowest BCUT2D eigenvalue weighted by Crippen LogP contribution is -2.49. The van der Waals surface area contributed by atoms with E-state index >= 15 is 0 Å². The normalized spacial score (nSPS) is 17.8. The van der Waals surface area contributed by atoms with E-state index in [0.29, 0.717) is 16.9 Å². The van der Waals surface area contributed by atoms with E-state index in [1.165, 1.54) is 6.33 Å². The van der Waals surface area contributed by atoms with Gasteiger partial charge in [0, 0.05) is 32.2 Å². The van der Waals surface area contributed by atoms with Crippen LogP contribution in [-0.2, 0) is 0 Å². The van der Waals surface area contributed by atoms with Crippen LogP contribution in [0.1, 0.15) is 13.8 Å². The number of rotatable bonds is 2. The maximum Gasteiger partial charge on any atom is 0.153 e. The molecule has 0 amide bonds. The summed E-state index contributed by atoms with van der Waals surface area (Å²) in [5.41, 5.74) is 5.68. The minimum atomic E-state index is 0.350. The van der Waals surface area contributed by atoms with Gasteiger partial charge in [-0.15, -0.1) is 0 Å². The molecule has 2 rings (SSSR count). The van der Waals surface area contributed by atoms with Gasteiger partial charge in [-0.05, 0) is 13.8 Å². The van der Waals surface area contributed by atoms with Crippen LogP contribution in [0.4, 0.5) is 11.6 Å². The van der Waals surface area contributed by atoms with Crippen molar-refractivity contribution in [1.82, 2.24) is 14.9 Å². The van der Waals surface area contributed by atoms with E-state index in [4.69, 9.17) is 17.3 Å². The number of nitrogen functional groups attached to an aromatic ring is 1. The zero-order valence-electron chi connectivity index (χ0n) is 10.2. The fourth-order valence-electron chi connectivity index (χ4n) is 2.04. The first-order valence-corrected chi connectivity index (χ1v) is 6.22. The SMILES string of the molecule is CC(C)N1CCN(c2ncnc(N)c2Cl)CC1. The van der Waals surface area contributed by atoms with Crippen molar-refractivity contribution in [3.05, 3.63) is 11.3 Å². The number of hydrogen-bond donors (Lipinski definition) is 1. The van der Waals surface area contributed by atoms with Crippen LogP contribution in [0.2, 0.25) is 5.02 Å². The molecule has 6 heteroatoms. The lowest BCUT2D eigenvalue weighted by Gasteiger charge is -2.37. The van der Waals surface area contributed by atoms with Gasteiger partial charge in [0.15, 0.2) is 5.82 Å². The fraction of sp³-hybridized carbons (Fsp3) is 0.636. The summed E-state index contributed by atoms with van der Waals surface area (Å²) in [7, 11) is 0. The molecule has 2 heterocycles. The molecule has 1 aromatic rings. The lowest BCUT2D eigenvalue weighted by atomic mass is 10.2. The molecule has 0 radical (unpaired) electrons. The highest BCUT2D eigenvalue weighted by molar-refractivity contribution is 6.35. The third kappa shape index (κ3) is 2.61. The highest BCUT2D eigenvalue weighted by atomic mass is 35.5. The van der Waals surface area contributed by atoms with E-state index in [0.717, 1.165) is 32.0 Å². The largest absolute Gasteiger partial charge is 0.382 e. The van der Waals surface area contributed by atoms with Crippen LogP contribution in [0.25, 0.3) is 0 Å². The molecular weight excluding hydrogens is 238 g/mol. The predicted molar refractivity (Wildman–Crippen MR) is 70.4 cm³/mol. The van der Waals surface area contributed by atoms with E-state index in [1.807, 2.05) is 0 Å². The third-order valence-electron chi connectivity index (χ3n) is 3.14. The van der Waals surface area contributed by atoms with Gasteiger partial charge in [-0.25, -0.2) is 9.97 Å². The Labute approximate surface area is 107 Å². The summed E-state index contributed by atoms with van der Waals surface area (Å²) >= 11 is 6.12. The molecule has 1 aliphatic rings. The van der Waals surface area contributed by atoms with Gasteiger partial charge in [0.1, 0.15) is 17.2 Å². The van der Waals surface area contributed by atoms with Gasteiger partial charge in [-0.1, -0.05) is 11.6 Å². The van der Waals surface area contributed by atoms with Crippen molar-refractivity contribution in [3.8, 4) is 0 Å². The van der Waals surface area contributed by atoms with E-state index in [2.05, 4.69) is 33.6 Å². The molecule has 2 N–H and O–H groups in total. The zero-order chi connectivity index (χ0) is 12.4. The Morgan fingerprint density at radius 3 is 2.47 bits per heavy atom. The molecule has 0 atom stereocenters. The summed E-state index contributed by atoms with van der Waals surface area (Å²) in [5.74, 6) is 1.10. The quantitative estimate of drug-likeness (QED) is 0.862. The second-order valence-electron chi connectivity index (χ2n) is 4.51. The van der Waals surface area contributed by atoms with Gasteiger partial charge < -0.3 is 10.6 Å². The van der Waals surface area contributed by atoms with E-state index in [9.17, 15) is 0 Å². The van der Waals surface area contributed by atoms with E-state index in [-0.39, 0.29) is 0 Å². The topological polar surface area (TPSA) is 58.3 Å². The first-order valence-electron chi connectivity index (χ1n) is 5.84.